The molecule has 0 amide bonds. The third-order valence-corrected chi connectivity index (χ3v) is 3.72. The van der Waals surface area contributed by atoms with E-state index in [0.29, 0.717) is 12.0 Å². The second kappa shape index (κ2) is 5.28. The molecular weight excluding hydrogens is 232 g/mol. The summed E-state index contributed by atoms with van der Waals surface area (Å²) in [6.45, 7) is 6.64. The van der Waals surface area contributed by atoms with Crippen LogP contribution in [-0.2, 0) is 0 Å². The van der Waals surface area contributed by atoms with Crippen molar-refractivity contribution in [1.82, 2.24) is 4.90 Å². The van der Waals surface area contributed by atoms with E-state index in [9.17, 15) is 0 Å². The topological polar surface area (TPSA) is 15.3 Å². The predicted octanol–water partition coefficient (Wildman–Crippen LogP) is 3.58. The van der Waals surface area contributed by atoms with Gasteiger partial charge >= 0.3 is 0 Å². The van der Waals surface area contributed by atoms with E-state index in [1.807, 2.05) is 0 Å². The number of hydrogen-bond acceptors (Lipinski definition) is 2. The summed E-state index contributed by atoms with van der Waals surface area (Å²) in [7, 11) is 2.16. The molecule has 1 fully saturated rings. The van der Waals surface area contributed by atoms with Gasteiger partial charge in [0, 0.05) is 12.6 Å². The molecule has 0 saturated carbocycles. The predicted molar refractivity (Wildman–Crippen MR) is 75.1 cm³/mol. The Bertz CT molecular complexity index is 390. The van der Waals surface area contributed by atoms with Crippen molar-refractivity contribution in [2.45, 2.75) is 32.2 Å². The summed E-state index contributed by atoms with van der Waals surface area (Å²) >= 11 is 6.31. The number of nitrogens with one attached hydrogen (secondary N) is 1. The number of nitrogens with zero attached hydrogens (tertiary/aromatic N) is 1. The Kier molecular flexibility index (Phi) is 3.95. The van der Waals surface area contributed by atoms with Gasteiger partial charge in [-0.2, -0.15) is 0 Å². The first-order valence-electron chi connectivity index (χ1n) is 6.31. The van der Waals surface area contributed by atoms with Gasteiger partial charge in [0.1, 0.15) is 0 Å². The Morgan fingerprint density at radius 3 is 2.71 bits per heavy atom. The van der Waals surface area contributed by atoms with E-state index < -0.39 is 0 Å². The van der Waals surface area contributed by atoms with Gasteiger partial charge in [-0.3, -0.25) is 0 Å². The molecule has 1 unspecified atom stereocenters. The number of anilines is 1. The van der Waals surface area contributed by atoms with E-state index in [1.54, 1.807) is 0 Å². The Labute approximate surface area is 109 Å². The summed E-state index contributed by atoms with van der Waals surface area (Å²) in [6, 6.07) is 6.88. The van der Waals surface area contributed by atoms with E-state index in [0.717, 1.165) is 17.3 Å². The third kappa shape index (κ3) is 3.14. The number of likely N-dealkylation sites (N-methyl/N-ethyl adjacent to an activating group) is 1. The van der Waals surface area contributed by atoms with Crippen LogP contribution in [0.1, 0.15) is 31.7 Å². The molecule has 1 N–H and O–H groups in total. The molecule has 1 heterocycles. The molecular formula is C14H21ClN2. The summed E-state index contributed by atoms with van der Waals surface area (Å²) < 4.78 is 0. The van der Waals surface area contributed by atoms with Gasteiger partial charge in [-0.15, -0.1) is 0 Å². The molecule has 0 spiro atoms. The maximum Gasteiger partial charge on any atom is 0.0640 e. The molecule has 1 atom stereocenters. The van der Waals surface area contributed by atoms with E-state index in [1.165, 1.54) is 18.5 Å². The molecule has 17 heavy (non-hydrogen) atoms. The van der Waals surface area contributed by atoms with Gasteiger partial charge in [-0.05, 0) is 43.6 Å². The molecule has 1 aromatic rings. The maximum atomic E-state index is 6.31. The second-order valence-corrected chi connectivity index (χ2v) is 5.69. The lowest BCUT2D eigenvalue weighted by molar-refractivity contribution is 0.414. The monoisotopic (exact) mass is 252 g/mol. The lowest BCUT2D eigenvalue weighted by atomic mass is 10.0. The molecule has 1 aromatic carbocycles. The summed E-state index contributed by atoms with van der Waals surface area (Å²) in [5, 5.41) is 4.37. The van der Waals surface area contributed by atoms with Crippen LogP contribution < -0.4 is 5.32 Å². The van der Waals surface area contributed by atoms with Crippen molar-refractivity contribution >= 4 is 17.3 Å². The number of likely N-dealkylation sites (tertiary alicyclic amines) is 1. The van der Waals surface area contributed by atoms with Gasteiger partial charge in [0.2, 0.25) is 0 Å². The fourth-order valence-corrected chi connectivity index (χ4v) is 2.52. The first-order chi connectivity index (χ1) is 8.06. The highest BCUT2D eigenvalue weighted by molar-refractivity contribution is 6.33. The minimum Gasteiger partial charge on any atom is -0.380 e. The van der Waals surface area contributed by atoms with Crippen molar-refractivity contribution in [2.75, 3.05) is 25.5 Å². The molecule has 94 valence electrons. The summed E-state index contributed by atoms with van der Waals surface area (Å²) in [5.41, 5.74) is 2.36. The molecule has 2 rings (SSSR count). The zero-order chi connectivity index (χ0) is 12.4. The summed E-state index contributed by atoms with van der Waals surface area (Å²) in [5.74, 6) is 0.527. The van der Waals surface area contributed by atoms with Crippen molar-refractivity contribution in [3.63, 3.8) is 0 Å². The Morgan fingerprint density at radius 2 is 2.18 bits per heavy atom. The number of hydrogen-bond donors (Lipinski definition) is 1. The molecule has 1 aliphatic rings. The fraction of sp³-hybridized carbons (Fsp3) is 0.571. The van der Waals surface area contributed by atoms with E-state index in [2.05, 4.69) is 49.3 Å². The Hall–Kier alpha value is -0.730. The van der Waals surface area contributed by atoms with Crippen LogP contribution in [-0.4, -0.2) is 31.1 Å². The van der Waals surface area contributed by atoms with Crippen LogP contribution in [0.4, 0.5) is 5.69 Å². The van der Waals surface area contributed by atoms with Crippen LogP contribution in [0.25, 0.3) is 0 Å². The van der Waals surface area contributed by atoms with Gasteiger partial charge in [0.05, 0.1) is 10.7 Å². The van der Waals surface area contributed by atoms with Crippen LogP contribution >= 0.6 is 11.6 Å². The van der Waals surface area contributed by atoms with E-state index >= 15 is 0 Å². The van der Waals surface area contributed by atoms with E-state index in [-0.39, 0.29) is 0 Å². The number of rotatable bonds is 3. The quantitative estimate of drug-likeness (QED) is 0.885. The normalized spacial score (nSPS) is 21.1. The highest BCUT2D eigenvalue weighted by Gasteiger charge is 2.19. The highest BCUT2D eigenvalue weighted by atomic mass is 35.5. The Balaban J connectivity index is 2.06. The van der Waals surface area contributed by atoms with Gasteiger partial charge in [-0.1, -0.05) is 31.5 Å². The van der Waals surface area contributed by atoms with Crippen molar-refractivity contribution in [3.8, 4) is 0 Å². The molecule has 3 heteroatoms. The van der Waals surface area contributed by atoms with Crippen LogP contribution in [0, 0.1) is 0 Å². The van der Waals surface area contributed by atoms with Crippen molar-refractivity contribution in [2.24, 2.45) is 0 Å². The average molecular weight is 253 g/mol. The molecule has 2 nitrogen and oxygen atoms in total. The molecule has 0 aliphatic carbocycles. The van der Waals surface area contributed by atoms with Gasteiger partial charge in [0.25, 0.3) is 0 Å². The Morgan fingerprint density at radius 1 is 1.41 bits per heavy atom. The smallest absolute Gasteiger partial charge is 0.0640 e. The minimum atomic E-state index is 0.527. The zero-order valence-corrected chi connectivity index (χ0v) is 11.6. The number of benzene rings is 1. The van der Waals surface area contributed by atoms with E-state index in [4.69, 9.17) is 11.6 Å². The molecule has 0 radical (unpaired) electrons. The van der Waals surface area contributed by atoms with Crippen LogP contribution in [0.5, 0.6) is 0 Å². The number of halogens is 1. The maximum absolute atomic E-state index is 6.31. The first-order valence-corrected chi connectivity index (χ1v) is 6.68. The molecule has 0 aromatic heterocycles. The van der Waals surface area contributed by atoms with Crippen molar-refractivity contribution in [1.29, 1.82) is 0 Å². The van der Waals surface area contributed by atoms with Crippen molar-refractivity contribution in [3.05, 3.63) is 28.8 Å². The first kappa shape index (κ1) is 12.7. The molecule has 1 saturated heterocycles. The van der Waals surface area contributed by atoms with Gasteiger partial charge in [-0.25, -0.2) is 0 Å². The minimum absolute atomic E-state index is 0.527. The fourth-order valence-electron chi connectivity index (χ4n) is 2.28. The zero-order valence-electron chi connectivity index (χ0n) is 10.8. The van der Waals surface area contributed by atoms with Crippen LogP contribution in [0.2, 0.25) is 5.02 Å². The van der Waals surface area contributed by atoms with Gasteiger partial charge < -0.3 is 10.2 Å². The van der Waals surface area contributed by atoms with Crippen LogP contribution in [0.15, 0.2) is 18.2 Å². The molecule has 0 bridgehead atoms. The lowest BCUT2D eigenvalue weighted by Crippen LogP contribution is -2.23. The summed E-state index contributed by atoms with van der Waals surface area (Å²) in [4.78, 5) is 2.34. The average Bonchev–Trinajstić information content (AvgIpc) is 2.67. The SMILES string of the molecule is CC(C)c1ccc(NC2CCN(C)C2)c(Cl)c1. The van der Waals surface area contributed by atoms with Crippen molar-refractivity contribution < 1.29 is 0 Å². The standard InChI is InChI=1S/C14H21ClN2/c1-10(2)11-4-5-14(13(15)8-11)16-12-6-7-17(3)9-12/h4-5,8,10,12,16H,6-7,9H2,1-3H3. The van der Waals surface area contributed by atoms with Gasteiger partial charge in [0.15, 0.2) is 0 Å². The second-order valence-electron chi connectivity index (χ2n) is 5.29. The largest absolute Gasteiger partial charge is 0.380 e. The lowest BCUT2D eigenvalue weighted by Gasteiger charge is -2.16. The van der Waals surface area contributed by atoms with Crippen LogP contribution in [0.3, 0.4) is 0 Å². The third-order valence-electron chi connectivity index (χ3n) is 3.41. The summed E-state index contributed by atoms with van der Waals surface area (Å²) in [6.07, 6.45) is 1.19. The highest BCUT2D eigenvalue weighted by Crippen LogP contribution is 2.28. The molecule has 1 aliphatic heterocycles.